The molecule has 1 amide bonds. The summed E-state index contributed by atoms with van der Waals surface area (Å²) >= 11 is 0. The SMILES string of the molecule is Cc1cccc(Cn2ccc(NC(=O)c3ccc(OC(F)F)cc3)n2)c1. The third-order valence-corrected chi connectivity index (χ3v) is 3.65. The highest BCUT2D eigenvalue weighted by molar-refractivity contribution is 6.03. The molecule has 0 fully saturated rings. The lowest BCUT2D eigenvalue weighted by Gasteiger charge is -2.06. The summed E-state index contributed by atoms with van der Waals surface area (Å²) in [4.78, 5) is 12.2. The van der Waals surface area contributed by atoms with Crippen molar-refractivity contribution in [2.75, 3.05) is 5.32 Å². The first kappa shape index (κ1) is 17.6. The second-order valence-corrected chi connectivity index (χ2v) is 5.74. The van der Waals surface area contributed by atoms with Crippen molar-refractivity contribution in [3.8, 4) is 5.75 Å². The second-order valence-electron chi connectivity index (χ2n) is 5.74. The normalized spacial score (nSPS) is 10.8. The minimum atomic E-state index is -2.90. The fourth-order valence-corrected chi connectivity index (χ4v) is 2.49. The average molecular weight is 357 g/mol. The van der Waals surface area contributed by atoms with Gasteiger partial charge in [0.1, 0.15) is 5.75 Å². The molecule has 0 bridgehead atoms. The molecule has 1 heterocycles. The lowest BCUT2D eigenvalue weighted by molar-refractivity contribution is -0.0498. The summed E-state index contributed by atoms with van der Waals surface area (Å²) < 4.78 is 30.3. The first-order valence-corrected chi connectivity index (χ1v) is 7.95. The van der Waals surface area contributed by atoms with Gasteiger partial charge >= 0.3 is 6.61 Å². The summed E-state index contributed by atoms with van der Waals surface area (Å²) in [6.45, 7) is -0.278. The summed E-state index contributed by atoms with van der Waals surface area (Å²) in [5.74, 6) is 0.0314. The summed E-state index contributed by atoms with van der Waals surface area (Å²) in [7, 11) is 0. The molecule has 0 atom stereocenters. The van der Waals surface area contributed by atoms with Gasteiger partial charge in [0.15, 0.2) is 5.82 Å². The van der Waals surface area contributed by atoms with E-state index in [0.717, 1.165) is 5.56 Å². The molecule has 0 aliphatic heterocycles. The number of hydrogen-bond donors (Lipinski definition) is 1. The standard InChI is InChI=1S/C19H17F2N3O2/c1-13-3-2-4-14(11-13)12-24-10-9-17(23-24)22-18(25)15-5-7-16(8-6-15)26-19(20)21/h2-11,19H,12H2,1H3,(H,22,23,25). The molecule has 1 aromatic heterocycles. The summed E-state index contributed by atoms with van der Waals surface area (Å²) in [6.07, 6.45) is 1.78. The number of ether oxygens (including phenoxy) is 1. The van der Waals surface area contributed by atoms with Crippen molar-refractivity contribution in [3.63, 3.8) is 0 Å². The maximum Gasteiger partial charge on any atom is 0.387 e. The number of amides is 1. The number of aryl methyl sites for hydroxylation is 1. The number of rotatable bonds is 6. The largest absolute Gasteiger partial charge is 0.435 e. The van der Waals surface area contributed by atoms with E-state index in [-0.39, 0.29) is 11.7 Å². The predicted octanol–water partition coefficient (Wildman–Crippen LogP) is 4.09. The van der Waals surface area contributed by atoms with Crippen LogP contribution in [0.15, 0.2) is 60.8 Å². The molecule has 0 spiro atoms. The first-order valence-electron chi connectivity index (χ1n) is 7.95. The van der Waals surface area contributed by atoms with Crippen LogP contribution in [0.25, 0.3) is 0 Å². The van der Waals surface area contributed by atoms with Crippen LogP contribution in [0.1, 0.15) is 21.5 Å². The van der Waals surface area contributed by atoms with E-state index in [1.807, 2.05) is 25.1 Å². The molecule has 3 aromatic rings. The van der Waals surface area contributed by atoms with E-state index in [4.69, 9.17) is 0 Å². The molecule has 3 rings (SSSR count). The fraction of sp³-hybridized carbons (Fsp3) is 0.158. The topological polar surface area (TPSA) is 56.2 Å². The maximum absolute atomic E-state index is 12.2. The highest BCUT2D eigenvalue weighted by atomic mass is 19.3. The molecule has 26 heavy (non-hydrogen) atoms. The van der Waals surface area contributed by atoms with E-state index in [1.165, 1.54) is 29.8 Å². The van der Waals surface area contributed by atoms with Crippen LogP contribution in [-0.2, 0) is 6.54 Å². The van der Waals surface area contributed by atoms with Gasteiger partial charge in [-0.05, 0) is 36.8 Å². The minimum absolute atomic E-state index is 0.000942. The Labute approximate surface area is 149 Å². The Kier molecular flexibility index (Phi) is 5.26. The molecule has 2 aromatic carbocycles. The van der Waals surface area contributed by atoms with Crippen molar-refractivity contribution in [2.24, 2.45) is 0 Å². The van der Waals surface area contributed by atoms with Crippen LogP contribution in [0, 0.1) is 6.92 Å². The van der Waals surface area contributed by atoms with Crippen molar-refractivity contribution < 1.29 is 18.3 Å². The van der Waals surface area contributed by atoms with E-state index in [2.05, 4.69) is 21.2 Å². The van der Waals surface area contributed by atoms with Gasteiger partial charge in [0.05, 0.1) is 6.54 Å². The van der Waals surface area contributed by atoms with Crippen LogP contribution in [0.4, 0.5) is 14.6 Å². The van der Waals surface area contributed by atoms with E-state index in [9.17, 15) is 13.6 Å². The monoisotopic (exact) mass is 357 g/mol. The van der Waals surface area contributed by atoms with Crippen molar-refractivity contribution in [2.45, 2.75) is 20.1 Å². The zero-order chi connectivity index (χ0) is 18.5. The van der Waals surface area contributed by atoms with Crippen molar-refractivity contribution in [1.29, 1.82) is 0 Å². The first-order chi connectivity index (χ1) is 12.5. The van der Waals surface area contributed by atoms with Crippen LogP contribution < -0.4 is 10.1 Å². The maximum atomic E-state index is 12.2. The Bertz CT molecular complexity index is 892. The Morgan fingerprint density at radius 2 is 1.96 bits per heavy atom. The van der Waals surface area contributed by atoms with Crippen LogP contribution in [0.5, 0.6) is 5.75 Å². The van der Waals surface area contributed by atoms with Gasteiger partial charge in [0.2, 0.25) is 0 Å². The van der Waals surface area contributed by atoms with Crippen LogP contribution in [0.2, 0.25) is 0 Å². The number of benzene rings is 2. The fourth-order valence-electron chi connectivity index (χ4n) is 2.49. The van der Waals surface area contributed by atoms with Gasteiger partial charge in [0, 0.05) is 17.8 Å². The second kappa shape index (κ2) is 7.77. The average Bonchev–Trinajstić information content (AvgIpc) is 3.02. The van der Waals surface area contributed by atoms with Gasteiger partial charge in [-0.15, -0.1) is 0 Å². The third-order valence-electron chi connectivity index (χ3n) is 3.65. The molecule has 0 saturated heterocycles. The van der Waals surface area contributed by atoms with E-state index in [1.54, 1.807) is 16.9 Å². The van der Waals surface area contributed by atoms with Gasteiger partial charge in [-0.3, -0.25) is 9.48 Å². The number of carbonyl (C=O) groups is 1. The number of carbonyl (C=O) groups excluding carboxylic acids is 1. The van der Waals surface area contributed by atoms with Gasteiger partial charge in [-0.25, -0.2) is 0 Å². The Morgan fingerprint density at radius 1 is 1.19 bits per heavy atom. The van der Waals surface area contributed by atoms with Gasteiger partial charge < -0.3 is 10.1 Å². The molecular formula is C19H17F2N3O2. The highest BCUT2D eigenvalue weighted by Gasteiger charge is 2.10. The molecular weight excluding hydrogens is 340 g/mol. The predicted molar refractivity (Wildman–Crippen MR) is 93.5 cm³/mol. The number of alkyl halides is 2. The molecule has 5 nitrogen and oxygen atoms in total. The Hall–Kier alpha value is -3.22. The zero-order valence-electron chi connectivity index (χ0n) is 14.0. The molecule has 0 unspecified atom stereocenters. The number of hydrogen-bond acceptors (Lipinski definition) is 3. The molecule has 1 N–H and O–H groups in total. The van der Waals surface area contributed by atoms with E-state index >= 15 is 0 Å². The summed E-state index contributed by atoms with van der Waals surface area (Å²) in [6, 6.07) is 15.2. The molecule has 0 aliphatic carbocycles. The van der Waals surface area contributed by atoms with Crippen molar-refractivity contribution in [1.82, 2.24) is 9.78 Å². The minimum Gasteiger partial charge on any atom is -0.435 e. The summed E-state index contributed by atoms with van der Waals surface area (Å²) in [5, 5.41) is 6.99. The van der Waals surface area contributed by atoms with Gasteiger partial charge in [-0.1, -0.05) is 29.8 Å². The number of nitrogens with one attached hydrogen (secondary N) is 1. The van der Waals surface area contributed by atoms with Gasteiger partial charge in [-0.2, -0.15) is 13.9 Å². The number of anilines is 1. The molecule has 134 valence electrons. The third kappa shape index (κ3) is 4.66. The number of nitrogens with zero attached hydrogens (tertiary/aromatic N) is 2. The Balaban J connectivity index is 1.62. The van der Waals surface area contributed by atoms with Crippen LogP contribution >= 0.6 is 0 Å². The lowest BCUT2D eigenvalue weighted by Crippen LogP contribution is -2.13. The van der Waals surface area contributed by atoms with Crippen molar-refractivity contribution in [3.05, 3.63) is 77.5 Å². The van der Waals surface area contributed by atoms with E-state index < -0.39 is 6.61 Å². The number of halogens is 2. The molecule has 0 radical (unpaired) electrons. The molecule has 0 aliphatic rings. The van der Waals surface area contributed by atoms with Crippen molar-refractivity contribution >= 4 is 11.7 Å². The van der Waals surface area contributed by atoms with Crippen LogP contribution in [0.3, 0.4) is 0 Å². The summed E-state index contributed by atoms with van der Waals surface area (Å²) in [5.41, 5.74) is 2.60. The molecule has 7 heteroatoms. The number of aromatic nitrogens is 2. The zero-order valence-corrected chi connectivity index (χ0v) is 14.0. The van der Waals surface area contributed by atoms with Crippen LogP contribution in [-0.4, -0.2) is 22.3 Å². The lowest BCUT2D eigenvalue weighted by atomic mass is 10.1. The quantitative estimate of drug-likeness (QED) is 0.723. The molecule has 0 saturated carbocycles. The Morgan fingerprint density at radius 3 is 2.65 bits per heavy atom. The van der Waals surface area contributed by atoms with E-state index in [0.29, 0.717) is 17.9 Å². The smallest absolute Gasteiger partial charge is 0.387 e. The highest BCUT2D eigenvalue weighted by Crippen LogP contribution is 2.16. The van der Waals surface area contributed by atoms with Gasteiger partial charge in [0.25, 0.3) is 5.91 Å².